The van der Waals surface area contributed by atoms with Crippen LogP contribution in [0.2, 0.25) is 0 Å². The van der Waals surface area contributed by atoms with E-state index in [1.54, 1.807) is 6.92 Å². The van der Waals surface area contributed by atoms with Gasteiger partial charge in [0.05, 0.1) is 0 Å². The summed E-state index contributed by atoms with van der Waals surface area (Å²) in [5.41, 5.74) is 8.38. The molecule has 0 unspecified atom stereocenters. The van der Waals surface area contributed by atoms with Crippen LogP contribution in [0, 0.1) is 5.92 Å². The molecule has 0 fully saturated rings. The Hall–Kier alpha value is -0.900. The molecule has 0 radical (unpaired) electrons. The normalized spacial score (nSPS) is 11.9. The molecule has 0 aliphatic rings. The van der Waals surface area contributed by atoms with E-state index in [-0.39, 0.29) is 11.8 Å². The summed E-state index contributed by atoms with van der Waals surface area (Å²) in [7, 11) is 0. The Morgan fingerprint density at radius 2 is 2.18 bits per heavy atom. The van der Waals surface area contributed by atoms with E-state index in [4.69, 9.17) is 5.73 Å². The maximum Gasteiger partial charge on any atom is 0.242 e. The van der Waals surface area contributed by atoms with Crippen LogP contribution in [0.1, 0.15) is 20.8 Å². The zero-order valence-corrected chi connectivity index (χ0v) is 7.22. The molecule has 0 heterocycles. The van der Waals surface area contributed by atoms with Crippen LogP contribution < -0.4 is 11.2 Å². The molecule has 11 heavy (non-hydrogen) atoms. The second kappa shape index (κ2) is 4.85. The van der Waals surface area contributed by atoms with E-state index in [1.807, 2.05) is 13.8 Å². The van der Waals surface area contributed by atoms with Crippen LogP contribution in [0.4, 0.5) is 0 Å². The van der Waals surface area contributed by atoms with Crippen molar-refractivity contribution in [1.82, 2.24) is 5.43 Å². The largest absolute Gasteiger partial charge is 0.325 e. The topological polar surface area (TPSA) is 67.5 Å². The van der Waals surface area contributed by atoms with Crippen molar-refractivity contribution in [1.29, 1.82) is 0 Å². The number of hydrogen-bond acceptors (Lipinski definition) is 3. The molecule has 0 bridgehead atoms. The standard InChI is InChI=1S/C7H15N3O/c1-5(2)7(11)10-9-6(3)4-8/h5H,4,8H2,1-3H3,(H,10,11). The summed E-state index contributed by atoms with van der Waals surface area (Å²) in [6.07, 6.45) is 0. The molecule has 0 aromatic rings. The number of hydrazone groups is 1. The van der Waals surface area contributed by atoms with Crippen molar-refractivity contribution in [2.45, 2.75) is 20.8 Å². The van der Waals surface area contributed by atoms with Gasteiger partial charge < -0.3 is 5.73 Å². The van der Waals surface area contributed by atoms with Crippen LogP contribution in [0.25, 0.3) is 0 Å². The van der Waals surface area contributed by atoms with Crippen LogP contribution >= 0.6 is 0 Å². The third-order valence-electron chi connectivity index (χ3n) is 1.18. The molecule has 0 aromatic heterocycles. The average molecular weight is 157 g/mol. The fraction of sp³-hybridized carbons (Fsp3) is 0.714. The van der Waals surface area contributed by atoms with Gasteiger partial charge in [0.15, 0.2) is 0 Å². The van der Waals surface area contributed by atoms with Gasteiger partial charge in [-0.05, 0) is 6.92 Å². The number of hydrogen-bond donors (Lipinski definition) is 2. The number of amides is 1. The summed E-state index contributed by atoms with van der Waals surface area (Å²) in [5, 5.41) is 3.76. The highest BCUT2D eigenvalue weighted by Crippen LogP contribution is 1.89. The van der Waals surface area contributed by atoms with Crippen molar-refractivity contribution in [2.24, 2.45) is 16.8 Å². The Kier molecular flexibility index (Phi) is 4.45. The third-order valence-corrected chi connectivity index (χ3v) is 1.18. The number of nitrogens with zero attached hydrogens (tertiary/aromatic N) is 1. The summed E-state index contributed by atoms with van der Waals surface area (Å²) in [5.74, 6) is -0.123. The molecule has 0 spiro atoms. The van der Waals surface area contributed by atoms with Gasteiger partial charge >= 0.3 is 0 Å². The van der Waals surface area contributed by atoms with Gasteiger partial charge in [-0.2, -0.15) is 5.10 Å². The van der Waals surface area contributed by atoms with Crippen LogP contribution in [0.3, 0.4) is 0 Å². The molecule has 0 aliphatic heterocycles. The third kappa shape index (κ3) is 4.50. The Balaban J connectivity index is 3.78. The molecule has 0 atom stereocenters. The fourth-order valence-electron chi connectivity index (χ4n) is 0.325. The Labute approximate surface area is 66.8 Å². The first-order valence-electron chi connectivity index (χ1n) is 3.61. The highest BCUT2D eigenvalue weighted by molar-refractivity contribution is 5.86. The molecule has 0 aliphatic carbocycles. The van der Waals surface area contributed by atoms with Gasteiger partial charge in [0.2, 0.25) is 5.91 Å². The van der Waals surface area contributed by atoms with Gasteiger partial charge in [-0.25, -0.2) is 5.43 Å². The monoisotopic (exact) mass is 157 g/mol. The van der Waals surface area contributed by atoms with Gasteiger partial charge in [0.25, 0.3) is 0 Å². The van der Waals surface area contributed by atoms with Crippen molar-refractivity contribution < 1.29 is 4.79 Å². The zero-order valence-electron chi connectivity index (χ0n) is 7.22. The highest BCUT2D eigenvalue weighted by Gasteiger charge is 2.03. The van der Waals surface area contributed by atoms with Crippen molar-refractivity contribution in [3.8, 4) is 0 Å². The maximum absolute atomic E-state index is 10.9. The van der Waals surface area contributed by atoms with Crippen LogP contribution in [-0.4, -0.2) is 18.2 Å². The summed E-state index contributed by atoms with van der Waals surface area (Å²) in [4.78, 5) is 10.9. The fourth-order valence-corrected chi connectivity index (χ4v) is 0.325. The predicted octanol–water partition coefficient (Wildman–Crippen LogP) is 0.0932. The zero-order chi connectivity index (χ0) is 8.85. The number of nitrogens with two attached hydrogens (primary N) is 1. The van der Waals surface area contributed by atoms with Crippen LogP contribution in [0.5, 0.6) is 0 Å². The van der Waals surface area contributed by atoms with Crippen molar-refractivity contribution in [3.63, 3.8) is 0 Å². The van der Waals surface area contributed by atoms with E-state index < -0.39 is 0 Å². The minimum absolute atomic E-state index is 0.0377. The van der Waals surface area contributed by atoms with Crippen LogP contribution in [0.15, 0.2) is 5.10 Å². The van der Waals surface area contributed by atoms with Crippen molar-refractivity contribution in [3.05, 3.63) is 0 Å². The lowest BCUT2D eigenvalue weighted by atomic mass is 10.2. The molecule has 4 heteroatoms. The smallest absolute Gasteiger partial charge is 0.242 e. The Bertz CT molecular complexity index is 163. The van der Waals surface area contributed by atoms with Gasteiger partial charge in [-0.15, -0.1) is 0 Å². The SMILES string of the molecule is CC(CN)=NNC(=O)C(C)C. The molecule has 64 valence electrons. The molecule has 0 rings (SSSR count). The van der Waals surface area contributed by atoms with E-state index >= 15 is 0 Å². The van der Waals surface area contributed by atoms with E-state index in [1.165, 1.54) is 0 Å². The first-order valence-corrected chi connectivity index (χ1v) is 3.61. The number of nitrogens with one attached hydrogen (secondary N) is 1. The summed E-state index contributed by atoms with van der Waals surface area (Å²) in [6.45, 7) is 5.75. The van der Waals surface area contributed by atoms with Crippen molar-refractivity contribution >= 4 is 11.6 Å². The first kappa shape index (κ1) is 10.1. The van der Waals surface area contributed by atoms with Gasteiger partial charge in [0, 0.05) is 18.2 Å². The Morgan fingerprint density at radius 3 is 2.55 bits per heavy atom. The summed E-state index contributed by atoms with van der Waals surface area (Å²) in [6, 6.07) is 0. The first-order chi connectivity index (χ1) is 5.07. The molecule has 3 N–H and O–H groups in total. The minimum atomic E-state index is -0.0854. The molecule has 0 aromatic carbocycles. The minimum Gasteiger partial charge on any atom is -0.325 e. The molecule has 4 nitrogen and oxygen atoms in total. The second-order valence-corrected chi connectivity index (χ2v) is 2.68. The highest BCUT2D eigenvalue weighted by atomic mass is 16.2. The number of rotatable bonds is 3. The lowest BCUT2D eigenvalue weighted by Crippen LogP contribution is -2.25. The lowest BCUT2D eigenvalue weighted by molar-refractivity contribution is -0.123. The molecule has 1 amide bonds. The summed E-state index contributed by atoms with van der Waals surface area (Å²) < 4.78 is 0. The second-order valence-electron chi connectivity index (χ2n) is 2.68. The van der Waals surface area contributed by atoms with E-state index in [0.29, 0.717) is 6.54 Å². The predicted molar refractivity (Wildman–Crippen MR) is 45.1 cm³/mol. The Morgan fingerprint density at radius 1 is 1.64 bits per heavy atom. The number of carbonyl (C=O) groups excluding carboxylic acids is 1. The molecular formula is C7H15N3O. The van der Waals surface area contributed by atoms with Crippen molar-refractivity contribution in [2.75, 3.05) is 6.54 Å². The maximum atomic E-state index is 10.9. The number of carbonyl (C=O) groups is 1. The van der Waals surface area contributed by atoms with Gasteiger partial charge in [0.1, 0.15) is 0 Å². The van der Waals surface area contributed by atoms with E-state index in [0.717, 1.165) is 5.71 Å². The van der Waals surface area contributed by atoms with Gasteiger partial charge in [-0.3, -0.25) is 4.79 Å². The molecular weight excluding hydrogens is 142 g/mol. The molecule has 0 saturated heterocycles. The van der Waals surface area contributed by atoms with Gasteiger partial charge in [-0.1, -0.05) is 13.8 Å². The lowest BCUT2D eigenvalue weighted by Gasteiger charge is -2.02. The van der Waals surface area contributed by atoms with Crippen LogP contribution in [-0.2, 0) is 4.79 Å². The van der Waals surface area contributed by atoms with E-state index in [9.17, 15) is 4.79 Å². The molecule has 0 saturated carbocycles. The van der Waals surface area contributed by atoms with E-state index in [2.05, 4.69) is 10.5 Å². The average Bonchev–Trinajstić information content (AvgIpc) is 1.99. The quantitative estimate of drug-likeness (QED) is 0.450. The summed E-state index contributed by atoms with van der Waals surface area (Å²) >= 11 is 0.